The minimum absolute atomic E-state index is 0.0406. The molecular weight excluding hydrogens is 457 g/mol. The summed E-state index contributed by atoms with van der Waals surface area (Å²) >= 11 is 0. The van der Waals surface area contributed by atoms with Crippen molar-refractivity contribution in [2.24, 2.45) is 0 Å². The number of rotatable bonds is 9. The van der Waals surface area contributed by atoms with E-state index < -0.39 is 39.9 Å². The zero-order valence-corrected chi connectivity index (χ0v) is 21.4. The second-order valence-corrected chi connectivity index (χ2v) is 11.3. The van der Waals surface area contributed by atoms with Crippen molar-refractivity contribution in [3.05, 3.63) is 65.5 Å². The van der Waals surface area contributed by atoms with E-state index in [0.717, 1.165) is 27.8 Å². The molecule has 186 valence electrons. The molecule has 0 saturated heterocycles. The highest BCUT2D eigenvalue weighted by Crippen LogP contribution is 2.21. The van der Waals surface area contributed by atoms with Gasteiger partial charge in [-0.3, -0.25) is 13.9 Å². The molecule has 0 saturated carbocycles. The molecule has 0 heterocycles. The Kier molecular flexibility index (Phi) is 8.83. The van der Waals surface area contributed by atoms with E-state index in [1.54, 1.807) is 6.92 Å². The van der Waals surface area contributed by atoms with Crippen molar-refractivity contribution in [3.8, 4) is 0 Å². The van der Waals surface area contributed by atoms with Crippen molar-refractivity contribution < 1.29 is 22.4 Å². The minimum Gasteiger partial charge on any atom is -0.350 e. The molecule has 0 bridgehead atoms. The predicted octanol–water partition coefficient (Wildman–Crippen LogP) is 3.62. The summed E-state index contributed by atoms with van der Waals surface area (Å²) in [6.45, 7) is 8.81. The van der Waals surface area contributed by atoms with Gasteiger partial charge in [-0.25, -0.2) is 12.8 Å². The Labute approximate surface area is 202 Å². The molecule has 9 heteroatoms. The van der Waals surface area contributed by atoms with Crippen LogP contribution in [0.25, 0.3) is 0 Å². The van der Waals surface area contributed by atoms with Crippen molar-refractivity contribution in [1.82, 2.24) is 10.2 Å². The monoisotopic (exact) mass is 491 g/mol. The van der Waals surface area contributed by atoms with Crippen LogP contribution in [0.1, 0.15) is 45.2 Å². The van der Waals surface area contributed by atoms with Crippen LogP contribution in [-0.2, 0) is 26.2 Å². The highest BCUT2D eigenvalue weighted by molar-refractivity contribution is 7.92. The molecule has 2 amide bonds. The summed E-state index contributed by atoms with van der Waals surface area (Å²) < 4.78 is 39.7. The molecule has 7 nitrogen and oxygen atoms in total. The van der Waals surface area contributed by atoms with E-state index in [1.807, 2.05) is 52.0 Å². The van der Waals surface area contributed by atoms with Crippen LogP contribution in [0.15, 0.2) is 48.5 Å². The van der Waals surface area contributed by atoms with E-state index in [4.69, 9.17) is 0 Å². The summed E-state index contributed by atoms with van der Waals surface area (Å²) in [5.74, 6) is -1.51. The van der Waals surface area contributed by atoms with Gasteiger partial charge < -0.3 is 10.2 Å². The van der Waals surface area contributed by atoms with Crippen molar-refractivity contribution in [1.29, 1.82) is 0 Å². The van der Waals surface area contributed by atoms with Crippen LogP contribution >= 0.6 is 0 Å². The lowest BCUT2D eigenvalue weighted by Gasteiger charge is -2.34. The molecule has 1 atom stereocenters. The zero-order chi connectivity index (χ0) is 25.7. The smallest absolute Gasteiger partial charge is 0.244 e. The van der Waals surface area contributed by atoms with Gasteiger partial charge in [-0.1, -0.05) is 37.3 Å². The molecule has 0 spiro atoms. The average molecular weight is 492 g/mol. The summed E-state index contributed by atoms with van der Waals surface area (Å²) in [4.78, 5) is 28.1. The summed E-state index contributed by atoms with van der Waals surface area (Å²) in [7, 11) is -3.91. The second kappa shape index (κ2) is 11.0. The van der Waals surface area contributed by atoms with Gasteiger partial charge in [0.25, 0.3) is 0 Å². The number of hydrogen-bond acceptors (Lipinski definition) is 4. The van der Waals surface area contributed by atoms with Gasteiger partial charge in [0, 0.05) is 12.1 Å². The number of aryl methyl sites for hydroxylation is 1. The van der Waals surface area contributed by atoms with E-state index in [1.165, 1.54) is 23.1 Å². The normalized spacial score (nSPS) is 12.7. The van der Waals surface area contributed by atoms with Crippen LogP contribution in [0, 0.1) is 12.7 Å². The third-order valence-electron chi connectivity index (χ3n) is 5.26. The minimum atomic E-state index is -3.91. The zero-order valence-electron chi connectivity index (χ0n) is 20.6. The highest BCUT2D eigenvalue weighted by Gasteiger charge is 2.33. The van der Waals surface area contributed by atoms with Crippen LogP contribution in [0.4, 0.5) is 10.1 Å². The predicted molar refractivity (Wildman–Crippen MR) is 132 cm³/mol. The van der Waals surface area contributed by atoms with Gasteiger partial charge in [0.05, 0.1) is 11.9 Å². The third-order valence-corrected chi connectivity index (χ3v) is 6.40. The molecule has 1 unspecified atom stereocenters. The number of anilines is 1. The fourth-order valence-corrected chi connectivity index (χ4v) is 4.43. The number of nitrogens with one attached hydrogen (secondary N) is 1. The average Bonchev–Trinajstić information content (AvgIpc) is 2.70. The Morgan fingerprint density at radius 1 is 1.09 bits per heavy atom. The number of hydrogen-bond donors (Lipinski definition) is 1. The van der Waals surface area contributed by atoms with Crippen LogP contribution in [0.3, 0.4) is 0 Å². The van der Waals surface area contributed by atoms with E-state index in [0.29, 0.717) is 6.42 Å². The van der Waals surface area contributed by atoms with Crippen molar-refractivity contribution in [3.63, 3.8) is 0 Å². The van der Waals surface area contributed by atoms with E-state index in [2.05, 4.69) is 5.32 Å². The maximum absolute atomic E-state index is 13.8. The number of halogens is 1. The second-order valence-electron chi connectivity index (χ2n) is 9.36. The largest absolute Gasteiger partial charge is 0.350 e. The summed E-state index contributed by atoms with van der Waals surface area (Å²) in [5.41, 5.74) is 1.31. The number of amides is 2. The van der Waals surface area contributed by atoms with E-state index >= 15 is 0 Å². The van der Waals surface area contributed by atoms with Gasteiger partial charge in [-0.15, -0.1) is 0 Å². The van der Waals surface area contributed by atoms with Gasteiger partial charge in [0.15, 0.2) is 0 Å². The number of carbonyl (C=O) groups is 2. The summed E-state index contributed by atoms with van der Waals surface area (Å²) in [5, 5.41) is 2.91. The van der Waals surface area contributed by atoms with Gasteiger partial charge in [0.2, 0.25) is 21.8 Å². The molecule has 34 heavy (non-hydrogen) atoms. The summed E-state index contributed by atoms with van der Waals surface area (Å²) in [6.07, 6.45) is 1.29. The van der Waals surface area contributed by atoms with E-state index in [-0.39, 0.29) is 18.1 Å². The summed E-state index contributed by atoms with van der Waals surface area (Å²) in [6, 6.07) is 11.7. The maximum Gasteiger partial charge on any atom is 0.244 e. The third kappa shape index (κ3) is 7.55. The first-order chi connectivity index (χ1) is 15.7. The number of nitrogens with zero attached hydrogens (tertiary/aromatic N) is 2. The Bertz CT molecular complexity index is 1130. The Morgan fingerprint density at radius 2 is 1.74 bits per heavy atom. The molecule has 0 aliphatic carbocycles. The molecule has 2 aromatic carbocycles. The fraction of sp³-hybridized carbons (Fsp3) is 0.440. The topological polar surface area (TPSA) is 86.8 Å². The first kappa shape index (κ1) is 27.3. The first-order valence-electron chi connectivity index (χ1n) is 11.1. The van der Waals surface area contributed by atoms with E-state index in [9.17, 15) is 22.4 Å². The maximum atomic E-state index is 13.8. The lowest BCUT2D eigenvalue weighted by molar-refractivity contribution is -0.141. The SMILES string of the molecule is CCC(C(=O)NC(C)(C)C)N(Cc1ccccc1C)C(=O)CN(c1cccc(F)c1)S(C)(=O)=O. The Morgan fingerprint density at radius 3 is 2.26 bits per heavy atom. The van der Waals surface area contributed by atoms with Crippen LogP contribution < -0.4 is 9.62 Å². The molecule has 0 radical (unpaired) electrons. The molecular formula is C25H34FN3O4S. The molecule has 0 aliphatic rings. The quantitative estimate of drug-likeness (QED) is 0.581. The Hall–Kier alpha value is -2.94. The van der Waals surface area contributed by atoms with Crippen LogP contribution in [-0.4, -0.2) is 49.5 Å². The highest BCUT2D eigenvalue weighted by atomic mass is 32.2. The van der Waals surface area contributed by atoms with Gasteiger partial charge in [-0.05, 0) is 63.4 Å². The van der Waals surface area contributed by atoms with Crippen LogP contribution in [0.5, 0.6) is 0 Å². The molecule has 0 aromatic heterocycles. The lowest BCUT2D eigenvalue weighted by Crippen LogP contribution is -2.55. The van der Waals surface area contributed by atoms with Crippen molar-refractivity contribution in [2.45, 2.75) is 59.2 Å². The molecule has 0 fully saturated rings. The van der Waals surface area contributed by atoms with Gasteiger partial charge in [0.1, 0.15) is 18.4 Å². The van der Waals surface area contributed by atoms with Crippen LogP contribution in [0.2, 0.25) is 0 Å². The fourth-order valence-electron chi connectivity index (χ4n) is 3.59. The number of benzene rings is 2. The van der Waals surface area contributed by atoms with Gasteiger partial charge in [-0.2, -0.15) is 0 Å². The van der Waals surface area contributed by atoms with Crippen molar-refractivity contribution in [2.75, 3.05) is 17.1 Å². The molecule has 0 aliphatic heterocycles. The number of carbonyl (C=O) groups excluding carboxylic acids is 2. The standard InChI is InChI=1S/C25H34FN3O4S/c1-7-22(24(31)27-25(3,4)5)28(16-19-12-9-8-11-18(19)2)23(30)17-29(34(6,32)33)21-14-10-13-20(26)15-21/h8-15,22H,7,16-17H2,1-6H3,(H,27,31). The number of sulfonamides is 1. The van der Waals surface area contributed by atoms with Gasteiger partial charge >= 0.3 is 0 Å². The van der Waals surface area contributed by atoms with Crippen molar-refractivity contribution >= 4 is 27.5 Å². The Balaban J connectivity index is 2.48. The molecule has 2 aromatic rings. The molecule has 1 N–H and O–H groups in total. The lowest BCUT2D eigenvalue weighted by atomic mass is 10.0. The first-order valence-corrected chi connectivity index (χ1v) is 13.0. The molecule has 2 rings (SSSR count).